The van der Waals surface area contributed by atoms with E-state index < -0.39 is 54.5 Å². The molecule has 0 fully saturated rings. The van der Waals surface area contributed by atoms with E-state index in [1.807, 2.05) is 0 Å². The van der Waals surface area contributed by atoms with Crippen LogP contribution in [-0.4, -0.2) is 75.5 Å². The summed E-state index contributed by atoms with van der Waals surface area (Å²) >= 11 is 3.91. The summed E-state index contributed by atoms with van der Waals surface area (Å²) in [5.41, 5.74) is 6.11. The standard InChI is InChI=1S/C18H26N4O7S/c1-9(20-16(26)12(19)8-30)15(25)21-13(6-10-2-4-11(24)5-3-10)17(27)22-14(7-23)18(28)29/h2-5,9,12-14,23-24,30H,6-8,19H2,1H3,(H,20,26)(H,21,25)(H,22,27)(H,28,29). The number of aliphatic hydroxyl groups excluding tert-OH is 1. The summed E-state index contributed by atoms with van der Waals surface area (Å²) in [5.74, 6) is -3.51. The van der Waals surface area contributed by atoms with Gasteiger partial charge in [0.15, 0.2) is 0 Å². The van der Waals surface area contributed by atoms with Gasteiger partial charge < -0.3 is 37.0 Å². The van der Waals surface area contributed by atoms with Crippen LogP contribution in [0.25, 0.3) is 0 Å². The van der Waals surface area contributed by atoms with E-state index in [0.29, 0.717) is 5.56 Å². The van der Waals surface area contributed by atoms with Crippen LogP contribution in [0.1, 0.15) is 12.5 Å². The number of hydrogen-bond acceptors (Lipinski definition) is 8. The van der Waals surface area contributed by atoms with Gasteiger partial charge >= 0.3 is 5.97 Å². The van der Waals surface area contributed by atoms with Crippen molar-refractivity contribution in [2.75, 3.05) is 12.4 Å². The SMILES string of the molecule is CC(NC(=O)C(N)CS)C(=O)NC(Cc1ccc(O)cc1)C(=O)NC(CO)C(=O)O. The minimum Gasteiger partial charge on any atom is -0.508 e. The summed E-state index contributed by atoms with van der Waals surface area (Å²) in [6.07, 6.45) is -0.0353. The molecule has 8 N–H and O–H groups in total. The number of benzene rings is 1. The first-order valence-electron chi connectivity index (χ1n) is 8.98. The normalized spacial score (nSPS) is 14.7. The molecule has 0 heterocycles. The number of hydrogen-bond donors (Lipinski definition) is 8. The van der Waals surface area contributed by atoms with Crippen molar-refractivity contribution in [1.82, 2.24) is 16.0 Å². The number of amides is 3. The lowest BCUT2D eigenvalue weighted by molar-refractivity contribution is -0.143. The number of aliphatic hydroxyl groups is 1. The molecule has 0 aromatic heterocycles. The van der Waals surface area contributed by atoms with Crippen molar-refractivity contribution in [3.05, 3.63) is 29.8 Å². The number of carbonyl (C=O) groups excluding carboxylic acids is 3. The Morgan fingerprint density at radius 1 is 1.00 bits per heavy atom. The molecule has 0 aliphatic heterocycles. The summed E-state index contributed by atoms with van der Waals surface area (Å²) in [4.78, 5) is 47.9. The Kier molecular flexibility index (Phi) is 10.1. The number of aromatic hydroxyl groups is 1. The van der Waals surface area contributed by atoms with Gasteiger partial charge in [0.25, 0.3) is 0 Å². The van der Waals surface area contributed by atoms with Crippen LogP contribution >= 0.6 is 12.6 Å². The third-order valence-electron chi connectivity index (χ3n) is 4.09. The summed E-state index contributed by atoms with van der Waals surface area (Å²) in [6, 6.07) is 1.12. The Hall–Kier alpha value is -2.83. The Bertz CT molecular complexity index is 759. The van der Waals surface area contributed by atoms with Gasteiger partial charge in [-0.15, -0.1) is 0 Å². The molecule has 0 radical (unpaired) electrons. The zero-order chi connectivity index (χ0) is 22.8. The maximum Gasteiger partial charge on any atom is 0.328 e. The summed E-state index contributed by atoms with van der Waals surface area (Å²) < 4.78 is 0. The number of carbonyl (C=O) groups is 4. The fraction of sp³-hybridized carbons (Fsp3) is 0.444. The molecule has 4 atom stereocenters. The van der Waals surface area contributed by atoms with Crippen LogP contribution in [0.5, 0.6) is 5.75 Å². The fourth-order valence-electron chi connectivity index (χ4n) is 2.30. The molecular formula is C18H26N4O7S. The van der Waals surface area contributed by atoms with E-state index in [1.54, 1.807) is 0 Å². The zero-order valence-corrected chi connectivity index (χ0v) is 17.1. The van der Waals surface area contributed by atoms with Gasteiger partial charge in [-0.3, -0.25) is 14.4 Å². The first-order valence-corrected chi connectivity index (χ1v) is 9.61. The second-order valence-electron chi connectivity index (χ2n) is 6.53. The molecule has 0 aliphatic carbocycles. The molecular weight excluding hydrogens is 416 g/mol. The van der Waals surface area contributed by atoms with E-state index in [4.69, 9.17) is 15.9 Å². The second-order valence-corrected chi connectivity index (χ2v) is 6.90. The van der Waals surface area contributed by atoms with Crippen molar-refractivity contribution in [1.29, 1.82) is 0 Å². The highest BCUT2D eigenvalue weighted by Gasteiger charge is 2.28. The smallest absolute Gasteiger partial charge is 0.328 e. The Balaban J connectivity index is 2.94. The molecule has 0 aliphatic rings. The number of nitrogens with two attached hydrogens (primary N) is 1. The van der Waals surface area contributed by atoms with Crippen LogP contribution in [0.2, 0.25) is 0 Å². The highest BCUT2D eigenvalue weighted by atomic mass is 32.1. The van der Waals surface area contributed by atoms with Crippen LogP contribution in [0.3, 0.4) is 0 Å². The number of phenols is 1. The van der Waals surface area contributed by atoms with E-state index in [-0.39, 0.29) is 17.9 Å². The van der Waals surface area contributed by atoms with E-state index in [9.17, 15) is 24.3 Å². The largest absolute Gasteiger partial charge is 0.508 e. The lowest BCUT2D eigenvalue weighted by atomic mass is 10.0. The van der Waals surface area contributed by atoms with E-state index >= 15 is 0 Å². The third-order valence-corrected chi connectivity index (χ3v) is 4.49. The molecule has 4 unspecified atom stereocenters. The average Bonchev–Trinajstić information content (AvgIpc) is 2.71. The van der Waals surface area contributed by atoms with Gasteiger partial charge in [-0.05, 0) is 24.6 Å². The van der Waals surface area contributed by atoms with Crippen molar-refractivity contribution < 1.29 is 34.5 Å². The molecule has 1 aromatic rings. The second kappa shape index (κ2) is 12.0. The Morgan fingerprint density at radius 2 is 1.57 bits per heavy atom. The summed E-state index contributed by atoms with van der Waals surface area (Å²) in [6.45, 7) is 0.552. The summed E-state index contributed by atoms with van der Waals surface area (Å²) in [7, 11) is 0. The number of phenolic OH excluding ortho intramolecular Hbond substituents is 1. The first kappa shape index (κ1) is 25.2. The molecule has 30 heavy (non-hydrogen) atoms. The van der Waals surface area contributed by atoms with E-state index in [1.165, 1.54) is 31.2 Å². The number of carboxylic acids is 1. The van der Waals surface area contributed by atoms with Crippen LogP contribution < -0.4 is 21.7 Å². The monoisotopic (exact) mass is 442 g/mol. The molecule has 0 saturated carbocycles. The van der Waals surface area contributed by atoms with Gasteiger partial charge in [0.05, 0.1) is 12.6 Å². The van der Waals surface area contributed by atoms with Crippen molar-refractivity contribution >= 4 is 36.3 Å². The summed E-state index contributed by atoms with van der Waals surface area (Å²) in [5, 5.41) is 34.5. The predicted octanol–water partition coefficient (Wildman–Crippen LogP) is -2.26. The van der Waals surface area contributed by atoms with Crippen molar-refractivity contribution in [3.63, 3.8) is 0 Å². The highest BCUT2D eigenvalue weighted by Crippen LogP contribution is 2.12. The van der Waals surface area contributed by atoms with Crippen LogP contribution in [0.15, 0.2) is 24.3 Å². The third kappa shape index (κ3) is 7.89. The Labute approximate surface area is 178 Å². The lowest BCUT2D eigenvalue weighted by Crippen LogP contribution is -2.57. The maximum atomic E-state index is 12.6. The van der Waals surface area contributed by atoms with Crippen LogP contribution in [-0.2, 0) is 25.6 Å². The van der Waals surface area contributed by atoms with Crippen molar-refractivity contribution in [2.45, 2.75) is 37.5 Å². The lowest BCUT2D eigenvalue weighted by Gasteiger charge is -2.23. The molecule has 0 spiro atoms. The predicted molar refractivity (Wildman–Crippen MR) is 110 cm³/mol. The fourth-order valence-corrected chi connectivity index (χ4v) is 2.47. The number of thiol groups is 1. The number of aliphatic carboxylic acids is 1. The Morgan fingerprint density at radius 3 is 2.07 bits per heavy atom. The van der Waals surface area contributed by atoms with Crippen LogP contribution in [0.4, 0.5) is 0 Å². The first-order chi connectivity index (χ1) is 14.1. The molecule has 3 amide bonds. The molecule has 1 aromatic carbocycles. The van der Waals surface area contributed by atoms with Gasteiger partial charge in [0.1, 0.15) is 23.9 Å². The minimum atomic E-state index is -1.55. The molecule has 11 nitrogen and oxygen atoms in total. The minimum absolute atomic E-state index is 0.00636. The molecule has 12 heteroatoms. The zero-order valence-electron chi connectivity index (χ0n) is 16.2. The number of rotatable bonds is 11. The van der Waals surface area contributed by atoms with Gasteiger partial charge in [0.2, 0.25) is 17.7 Å². The van der Waals surface area contributed by atoms with Gasteiger partial charge in [-0.25, -0.2) is 4.79 Å². The molecule has 1 rings (SSSR count). The van der Waals surface area contributed by atoms with Crippen molar-refractivity contribution in [2.24, 2.45) is 5.73 Å². The quantitative estimate of drug-likeness (QED) is 0.176. The molecule has 0 saturated heterocycles. The highest BCUT2D eigenvalue weighted by molar-refractivity contribution is 7.80. The number of nitrogens with one attached hydrogen (secondary N) is 3. The van der Waals surface area contributed by atoms with Gasteiger partial charge in [0, 0.05) is 12.2 Å². The van der Waals surface area contributed by atoms with E-state index in [0.717, 1.165) is 0 Å². The van der Waals surface area contributed by atoms with Crippen molar-refractivity contribution in [3.8, 4) is 5.75 Å². The number of carboxylic acid groups (broad SMARTS) is 1. The average molecular weight is 442 g/mol. The van der Waals surface area contributed by atoms with Crippen LogP contribution in [0, 0.1) is 0 Å². The van der Waals surface area contributed by atoms with Gasteiger partial charge in [-0.2, -0.15) is 12.6 Å². The molecule has 0 bridgehead atoms. The molecule has 166 valence electrons. The maximum absolute atomic E-state index is 12.6. The van der Waals surface area contributed by atoms with Gasteiger partial charge in [-0.1, -0.05) is 12.1 Å². The topological polar surface area (TPSA) is 191 Å². The van der Waals surface area contributed by atoms with E-state index in [2.05, 4.69) is 28.6 Å².